The quantitative estimate of drug-likeness (QED) is 0.699. The summed E-state index contributed by atoms with van der Waals surface area (Å²) in [5.74, 6) is -1.39. The third kappa shape index (κ3) is 4.07. The fourth-order valence-electron chi connectivity index (χ4n) is 2.83. The van der Waals surface area contributed by atoms with Crippen molar-refractivity contribution in [1.82, 2.24) is 9.80 Å². The van der Waals surface area contributed by atoms with Crippen LogP contribution in [0.3, 0.4) is 0 Å². The molecule has 2 rings (SSSR count). The van der Waals surface area contributed by atoms with Crippen LogP contribution in [0.25, 0.3) is 0 Å². The number of aliphatic hydroxyl groups is 1. The van der Waals surface area contributed by atoms with Crippen molar-refractivity contribution in [2.75, 3.05) is 31.1 Å². The first kappa shape index (κ1) is 16.0. The number of amides is 2. The van der Waals surface area contributed by atoms with Crippen LogP contribution in [0.2, 0.25) is 0 Å². The number of piperidine rings is 1. The molecule has 0 spiro atoms. The van der Waals surface area contributed by atoms with Gasteiger partial charge in [0.2, 0.25) is 0 Å². The van der Waals surface area contributed by atoms with Crippen LogP contribution < -0.4 is 0 Å². The summed E-state index contributed by atoms with van der Waals surface area (Å²) in [5, 5.41) is 18.6. The SMILES string of the molecule is O=C(O)CN(C(=O)N1CCCC(O)C1)C1CCS(=O)(=O)C1. The summed E-state index contributed by atoms with van der Waals surface area (Å²) >= 11 is 0. The molecule has 8 nitrogen and oxygen atoms in total. The van der Waals surface area contributed by atoms with E-state index in [0.29, 0.717) is 19.4 Å². The Hall–Kier alpha value is -1.35. The van der Waals surface area contributed by atoms with Gasteiger partial charge in [-0.15, -0.1) is 0 Å². The Labute approximate surface area is 123 Å². The van der Waals surface area contributed by atoms with Crippen LogP contribution in [0.4, 0.5) is 4.79 Å². The number of aliphatic carboxylic acids is 1. The first-order chi connectivity index (χ1) is 9.78. The Balaban J connectivity index is 2.11. The normalized spacial score (nSPS) is 28.3. The van der Waals surface area contributed by atoms with E-state index in [0.717, 1.165) is 4.90 Å². The number of carbonyl (C=O) groups is 2. The average molecular weight is 320 g/mol. The maximum absolute atomic E-state index is 12.5. The second-order valence-corrected chi connectivity index (χ2v) is 7.83. The molecule has 0 radical (unpaired) electrons. The number of aliphatic hydroxyl groups excluding tert-OH is 1. The third-order valence-electron chi connectivity index (χ3n) is 3.87. The largest absolute Gasteiger partial charge is 0.480 e. The number of urea groups is 1. The number of carboxylic acids is 1. The summed E-state index contributed by atoms with van der Waals surface area (Å²) in [7, 11) is -3.21. The molecule has 2 saturated heterocycles. The van der Waals surface area contributed by atoms with E-state index in [9.17, 15) is 23.1 Å². The summed E-state index contributed by atoms with van der Waals surface area (Å²) in [6.07, 6.45) is 0.913. The molecule has 21 heavy (non-hydrogen) atoms. The monoisotopic (exact) mass is 320 g/mol. The van der Waals surface area contributed by atoms with Gasteiger partial charge in [-0.25, -0.2) is 13.2 Å². The van der Waals surface area contributed by atoms with Gasteiger partial charge in [-0.3, -0.25) is 4.79 Å². The number of rotatable bonds is 3. The van der Waals surface area contributed by atoms with Crippen LogP contribution in [0.5, 0.6) is 0 Å². The first-order valence-electron chi connectivity index (χ1n) is 6.94. The molecule has 0 aromatic rings. The van der Waals surface area contributed by atoms with Crippen molar-refractivity contribution in [3.8, 4) is 0 Å². The number of likely N-dealkylation sites (tertiary alicyclic amines) is 1. The number of carbonyl (C=O) groups excluding carboxylic acids is 1. The minimum atomic E-state index is -3.21. The molecule has 9 heteroatoms. The van der Waals surface area contributed by atoms with Crippen molar-refractivity contribution in [1.29, 1.82) is 0 Å². The van der Waals surface area contributed by atoms with Crippen LogP contribution in [0.1, 0.15) is 19.3 Å². The number of nitrogens with zero attached hydrogens (tertiary/aromatic N) is 2. The zero-order valence-corrected chi connectivity index (χ0v) is 12.5. The maximum atomic E-state index is 12.5. The molecule has 2 amide bonds. The second kappa shape index (κ2) is 6.18. The second-order valence-electron chi connectivity index (χ2n) is 5.60. The van der Waals surface area contributed by atoms with Gasteiger partial charge >= 0.3 is 12.0 Å². The Morgan fingerprint density at radius 3 is 2.52 bits per heavy atom. The van der Waals surface area contributed by atoms with Gasteiger partial charge in [0.05, 0.1) is 17.6 Å². The van der Waals surface area contributed by atoms with E-state index in [1.54, 1.807) is 0 Å². The summed E-state index contributed by atoms with van der Waals surface area (Å²) < 4.78 is 23.1. The molecule has 120 valence electrons. The molecular weight excluding hydrogens is 300 g/mol. The molecule has 2 heterocycles. The Morgan fingerprint density at radius 2 is 2.00 bits per heavy atom. The van der Waals surface area contributed by atoms with Crippen LogP contribution in [-0.2, 0) is 14.6 Å². The summed E-state index contributed by atoms with van der Waals surface area (Å²) in [6, 6.07) is -1.10. The highest BCUT2D eigenvalue weighted by Crippen LogP contribution is 2.20. The van der Waals surface area contributed by atoms with Gasteiger partial charge in [0.25, 0.3) is 0 Å². The summed E-state index contributed by atoms with van der Waals surface area (Å²) in [4.78, 5) is 25.9. The van der Waals surface area contributed by atoms with E-state index >= 15 is 0 Å². The Kier molecular flexibility index (Phi) is 4.72. The highest BCUT2D eigenvalue weighted by molar-refractivity contribution is 7.91. The molecule has 2 atom stereocenters. The lowest BCUT2D eigenvalue weighted by atomic mass is 10.1. The standard InChI is InChI=1S/C12H20N2O6S/c15-10-2-1-4-13(6-10)12(18)14(7-11(16)17)9-3-5-21(19,20)8-9/h9-10,15H,1-8H2,(H,16,17). The fraction of sp³-hybridized carbons (Fsp3) is 0.833. The van der Waals surface area contributed by atoms with Gasteiger partial charge in [0, 0.05) is 19.1 Å². The molecule has 2 unspecified atom stereocenters. The molecule has 0 aromatic carbocycles. The number of hydrogen-bond donors (Lipinski definition) is 2. The average Bonchev–Trinajstić information content (AvgIpc) is 2.75. The van der Waals surface area contributed by atoms with Gasteiger partial charge in [0.15, 0.2) is 9.84 Å². The topological polar surface area (TPSA) is 115 Å². The molecule has 2 aliphatic rings. The highest BCUT2D eigenvalue weighted by Gasteiger charge is 2.38. The molecular formula is C12H20N2O6S. The number of carboxylic acid groups (broad SMARTS) is 1. The first-order valence-corrected chi connectivity index (χ1v) is 8.76. The molecule has 2 aliphatic heterocycles. The maximum Gasteiger partial charge on any atom is 0.323 e. The molecule has 2 N–H and O–H groups in total. The summed E-state index contributed by atoms with van der Waals surface area (Å²) in [5.41, 5.74) is 0. The minimum absolute atomic E-state index is 0.0241. The van der Waals surface area contributed by atoms with Crippen LogP contribution in [0.15, 0.2) is 0 Å². The minimum Gasteiger partial charge on any atom is -0.480 e. The Morgan fingerprint density at radius 1 is 1.29 bits per heavy atom. The lowest BCUT2D eigenvalue weighted by Crippen LogP contribution is -2.53. The van der Waals surface area contributed by atoms with Gasteiger partial charge in [-0.1, -0.05) is 0 Å². The van der Waals surface area contributed by atoms with E-state index in [1.165, 1.54) is 4.90 Å². The Bertz CT molecular complexity index is 520. The van der Waals surface area contributed by atoms with Gasteiger partial charge < -0.3 is 20.0 Å². The van der Waals surface area contributed by atoms with E-state index in [2.05, 4.69) is 0 Å². The fourth-order valence-corrected chi connectivity index (χ4v) is 4.56. The van der Waals surface area contributed by atoms with Gasteiger partial charge in [-0.2, -0.15) is 0 Å². The van der Waals surface area contributed by atoms with Crippen molar-refractivity contribution in [2.24, 2.45) is 0 Å². The third-order valence-corrected chi connectivity index (χ3v) is 5.62. The zero-order chi connectivity index (χ0) is 15.6. The van der Waals surface area contributed by atoms with Crippen LogP contribution in [-0.4, -0.2) is 83.7 Å². The van der Waals surface area contributed by atoms with Crippen molar-refractivity contribution in [3.63, 3.8) is 0 Å². The molecule has 0 bridgehead atoms. The molecule has 0 aromatic heterocycles. The smallest absolute Gasteiger partial charge is 0.323 e. The summed E-state index contributed by atoms with van der Waals surface area (Å²) in [6.45, 7) is 0.0888. The molecule has 0 aliphatic carbocycles. The van der Waals surface area contributed by atoms with Crippen molar-refractivity contribution in [3.05, 3.63) is 0 Å². The highest BCUT2D eigenvalue weighted by atomic mass is 32.2. The van der Waals surface area contributed by atoms with Crippen LogP contribution in [0, 0.1) is 0 Å². The van der Waals surface area contributed by atoms with Crippen molar-refractivity contribution < 1.29 is 28.2 Å². The molecule has 0 saturated carbocycles. The predicted octanol–water partition coefficient (Wildman–Crippen LogP) is -0.863. The van der Waals surface area contributed by atoms with Crippen molar-refractivity contribution in [2.45, 2.75) is 31.4 Å². The van der Waals surface area contributed by atoms with E-state index in [-0.39, 0.29) is 24.5 Å². The lowest BCUT2D eigenvalue weighted by molar-refractivity contribution is -0.138. The number of hydrogen-bond acceptors (Lipinski definition) is 5. The predicted molar refractivity (Wildman–Crippen MR) is 73.6 cm³/mol. The zero-order valence-electron chi connectivity index (χ0n) is 11.6. The van der Waals surface area contributed by atoms with Gasteiger partial charge in [0.1, 0.15) is 6.54 Å². The van der Waals surface area contributed by atoms with E-state index in [1.807, 2.05) is 0 Å². The van der Waals surface area contributed by atoms with Crippen molar-refractivity contribution >= 4 is 21.8 Å². The lowest BCUT2D eigenvalue weighted by Gasteiger charge is -2.36. The van der Waals surface area contributed by atoms with Crippen LogP contribution >= 0.6 is 0 Å². The number of sulfone groups is 1. The number of β-amino-alcohol motifs (C(OH)–C–C–N with tert-alkyl or cyclic N) is 1. The van der Waals surface area contributed by atoms with E-state index < -0.39 is 40.5 Å². The molecule has 2 fully saturated rings. The van der Waals surface area contributed by atoms with Gasteiger partial charge in [-0.05, 0) is 19.3 Å². The van der Waals surface area contributed by atoms with E-state index in [4.69, 9.17) is 5.11 Å².